The monoisotopic (exact) mass is 269 g/mol. The lowest BCUT2D eigenvalue weighted by Crippen LogP contribution is -2.50. The fourth-order valence-electron chi connectivity index (χ4n) is 2.52. The van der Waals surface area contributed by atoms with Crippen molar-refractivity contribution in [2.24, 2.45) is 5.92 Å². The van der Waals surface area contributed by atoms with Gasteiger partial charge in [0.1, 0.15) is 6.54 Å². The SMILES string of the molecule is O=C1CN(C(=O)N2CCCC(C(=O)O)C2)CCCN1. The van der Waals surface area contributed by atoms with Gasteiger partial charge in [-0.15, -0.1) is 0 Å². The predicted molar refractivity (Wildman–Crippen MR) is 66.5 cm³/mol. The van der Waals surface area contributed by atoms with E-state index < -0.39 is 11.9 Å². The summed E-state index contributed by atoms with van der Waals surface area (Å²) in [7, 11) is 0. The molecule has 2 heterocycles. The van der Waals surface area contributed by atoms with E-state index in [4.69, 9.17) is 5.11 Å². The zero-order chi connectivity index (χ0) is 13.8. The molecule has 2 rings (SSSR count). The van der Waals surface area contributed by atoms with Gasteiger partial charge in [-0.1, -0.05) is 0 Å². The van der Waals surface area contributed by atoms with E-state index >= 15 is 0 Å². The number of amides is 3. The van der Waals surface area contributed by atoms with E-state index in [9.17, 15) is 14.4 Å². The first-order chi connectivity index (χ1) is 9.08. The van der Waals surface area contributed by atoms with Crippen molar-refractivity contribution in [2.75, 3.05) is 32.7 Å². The number of carbonyl (C=O) groups is 3. The third-order valence-corrected chi connectivity index (χ3v) is 3.57. The topological polar surface area (TPSA) is 90.0 Å². The second-order valence-electron chi connectivity index (χ2n) is 5.03. The Balaban J connectivity index is 1.97. The Hall–Kier alpha value is -1.79. The van der Waals surface area contributed by atoms with Crippen LogP contribution in [0.15, 0.2) is 0 Å². The molecule has 2 aliphatic heterocycles. The molecule has 7 nitrogen and oxygen atoms in total. The third-order valence-electron chi connectivity index (χ3n) is 3.57. The molecule has 0 aromatic heterocycles. The minimum atomic E-state index is -0.855. The summed E-state index contributed by atoms with van der Waals surface area (Å²) < 4.78 is 0. The molecule has 1 atom stereocenters. The molecular formula is C12H19N3O4. The van der Waals surface area contributed by atoms with Gasteiger partial charge in [-0.05, 0) is 19.3 Å². The molecule has 7 heteroatoms. The minimum Gasteiger partial charge on any atom is -0.481 e. The van der Waals surface area contributed by atoms with E-state index in [1.807, 2.05) is 0 Å². The average molecular weight is 269 g/mol. The van der Waals surface area contributed by atoms with E-state index in [2.05, 4.69) is 5.32 Å². The van der Waals surface area contributed by atoms with E-state index in [1.165, 1.54) is 4.90 Å². The van der Waals surface area contributed by atoms with Gasteiger partial charge in [-0.2, -0.15) is 0 Å². The average Bonchev–Trinajstić information content (AvgIpc) is 2.62. The summed E-state index contributed by atoms with van der Waals surface area (Å²) in [5.74, 6) is -1.50. The number of aliphatic carboxylic acids is 1. The molecule has 106 valence electrons. The fourth-order valence-corrected chi connectivity index (χ4v) is 2.52. The summed E-state index contributed by atoms with van der Waals surface area (Å²) >= 11 is 0. The molecule has 3 amide bonds. The molecule has 0 radical (unpaired) electrons. The number of piperidine rings is 1. The van der Waals surface area contributed by atoms with Crippen LogP contribution in [0.3, 0.4) is 0 Å². The summed E-state index contributed by atoms with van der Waals surface area (Å²) in [6.45, 7) is 1.99. The van der Waals surface area contributed by atoms with Crippen molar-refractivity contribution in [1.29, 1.82) is 0 Å². The van der Waals surface area contributed by atoms with Crippen LogP contribution in [0.25, 0.3) is 0 Å². The highest BCUT2D eigenvalue weighted by Crippen LogP contribution is 2.18. The number of likely N-dealkylation sites (tertiary alicyclic amines) is 1. The normalized spacial score (nSPS) is 24.6. The number of nitrogens with zero attached hydrogens (tertiary/aromatic N) is 2. The number of hydrogen-bond acceptors (Lipinski definition) is 3. The van der Waals surface area contributed by atoms with Gasteiger partial charge in [0.25, 0.3) is 0 Å². The Morgan fingerprint density at radius 1 is 1.21 bits per heavy atom. The molecule has 2 N–H and O–H groups in total. The van der Waals surface area contributed by atoms with Gasteiger partial charge in [-0.25, -0.2) is 4.79 Å². The van der Waals surface area contributed by atoms with Crippen molar-refractivity contribution in [3.63, 3.8) is 0 Å². The summed E-state index contributed by atoms with van der Waals surface area (Å²) in [6, 6.07) is -0.219. The van der Waals surface area contributed by atoms with Gasteiger partial charge >= 0.3 is 12.0 Å². The van der Waals surface area contributed by atoms with Crippen LogP contribution in [0.5, 0.6) is 0 Å². The van der Waals surface area contributed by atoms with E-state index in [0.29, 0.717) is 32.5 Å². The van der Waals surface area contributed by atoms with Crippen LogP contribution in [0.2, 0.25) is 0 Å². The molecule has 0 saturated carbocycles. The van der Waals surface area contributed by atoms with Gasteiger partial charge in [0, 0.05) is 26.2 Å². The van der Waals surface area contributed by atoms with Gasteiger partial charge in [0.2, 0.25) is 5.91 Å². The Kier molecular flexibility index (Phi) is 4.24. The zero-order valence-electron chi connectivity index (χ0n) is 10.8. The number of hydrogen-bond donors (Lipinski definition) is 2. The van der Waals surface area contributed by atoms with Gasteiger partial charge in [-0.3, -0.25) is 9.59 Å². The first kappa shape index (κ1) is 13.6. The quantitative estimate of drug-likeness (QED) is 0.685. The molecule has 2 saturated heterocycles. The Labute approximate surface area is 111 Å². The maximum absolute atomic E-state index is 12.3. The smallest absolute Gasteiger partial charge is 0.320 e. The molecule has 2 fully saturated rings. The number of carbonyl (C=O) groups excluding carboxylic acids is 2. The van der Waals surface area contributed by atoms with E-state index in [-0.39, 0.29) is 25.0 Å². The standard InChI is InChI=1S/C12H19N3O4/c16-10-8-15(6-2-4-13-10)12(19)14-5-1-3-9(7-14)11(17)18/h9H,1-8H2,(H,13,16)(H,17,18). The van der Waals surface area contributed by atoms with Crippen molar-refractivity contribution in [3.05, 3.63) is 0 Å². The third kappa shape index (κ3) is 3.36. The lowest BCUT2D eigenvalue weighted by atomic mass is 9.98. The van der Waals surface area contributed by atoms with Gasteiger partial charge in [0.05, 0.1) is 5.92 Å². The largest absolute Gasteiger partial charge is 0.481 e. The van der Waals surface area contributed by atoms with Crippen molar-refractivity contribution in [3.8, 4) is 0 Å². The molecule has 0 aromatic rings. The highest BCUT2D eigenvalue weighted by molar-refractivity contribution is 5.84. The number of rotatable bonds is 1. The number of nitrogens with one attached hydrogen (secondary N) is 1. The van der Waals surface area contributed by atoms with Crippen molar-refractivity contribution in [1.82, 2.24) is 15.1 Å². The van der Waals surface area contributed by atoms with Crippen molar-refractivity contribution >= 4 is 17.9 Å². The Morgan fingerprint density at radius 2 is 1.95 bits per heavy atom. The first-order valence-corrected chi connectivity index (χ1v) is 6.61. The van der Waals surface area contributed by atoms with Crippen molar-refractivity contribution in [2.45, 2.75) is 19.3 Å². The maximum Gasteiger partial charge on any atom is 0.320 e. The van der Waals surface area contributed by atoms with Gasteiger partial charge in [0.15, 0.2) is 0 Å². The summed E-state index contributed by atoms with van der Waals surface area (Å²) in [5.41, 5.74) is 0. The molecular weight excluding hydrogens is 250 g/mol. The van der Waals surface area contributed by atoms with Crippen LogP contribution in [0, 0.1) is 5.92 Å². The Morgan fingerprint density at radius 3 is 2.68 bits per heavy atom. The maximum atomic E-state index is 12.3. The Bertz CT molecular complexity index is 385. The summed E-state index contributed by atoms with van der Waals surface area (Å²) in [5, 5.41) is 11.7. The van der Waals surface area contributed by atoms with E-state index in [0.717, 1.165) is 6.42 Å². The van der Waals surface area contributed by atoms with Gasteiger partial charge < -0.3 is 20.2 Å². The molecule has 0 aromatic carbocycles. The predicted octanol–water partition coefficient (Wildman–Crippen LogP) is -0.275. The lowest BCUT2D eigenvalue weighted by molar-refractivity contribution is -0.143. The molecule has 0 bridgehead atoms. The van der Waals surface area contributed by atoms with Crippen LogP contribution in [-0.2, 0) is 9.59 Å². The second kappa shape index (κ2) is 5.90. The van der Waals surface area contributed by atoms with Crippen LogP contribution < -0.4 is 5.32 Å². The van der Waals surface area contributed by atoms with E-state index in [1.54, 1.807) is 4.90 Å². The van der Waals surface area contributed by atoms with Crippen LogP contribution in [0.4, 0.5) is 4.79 Å². The first-order valence-electron chi connectivity index (χ1n) is 6.61. The van der Waals surface area contributed by atoms with Crippen LogP contribution in [-0.4, -0.2) is 65.5 Å². The van der Waals surface area contributed by atoms with Crippen molar-refractivity contribution < 1.29 is 19.5 Å². The second-order valence-corrected chi connectivity index (χ2v) is 5.03. The molecule has 0 aliphatic carbocycles. The molecule has 19 heavy (non-hydrogen) atoms. The summed E-state index contributed by atoms with van der Waals surface area (Å²) in [4.78, 5) is 37.8. The molecule has 2 aliphatic rings. The highest BCUT2D eigenvalue weighted by atomic mass is 16.4. The minimum absolute atomic E-state index is 0.0626. The van der Waals surface area contributed by atoms with Crippen LogP contribution in [0.1, 0.15) is 19.3 Å². The molecule has 0 spiro atoms. The number of urea groups is 1. The fraction of sp³-hybridized carbons (Fsp3) is 0.750. The van der Waals surface area contributed by atoms with Crippen LogP contribution >= 0.6 is 0 Å². The molecule has 1 unspecified atom stereocenters. The number of carboxylic acid groups (broad SMARTS) is 1. The zero-order valence-corrected chi connectivity index (χ0v) is 10.8. The highest BCUT2D eigenvalue weighted by Gasteiger charge is 2.31. The summed E-state index contributed by atoms with van der Waals surface area (Å²) in [6.07, 6.45) is 2.04. The number of carboxylic acids is 1. The lowest BCUT2D eigenvalue weighted by Gasteiger charge is -2.34.